The summed E-state index contributed by atoms with van der Waals surface area (Å²) in [5.41, 5.74) is 6.87. The fourth-order valence-electron chi connectivity index (χ4n) is 2.51. The third kappa shape index (κ3) is 3.42. The minimum Gasteiger partial charge on any atom is -0.382 e. The Morgan fingerprint density at radius 3 is 2.65 bits per heavy atom. The first-order valence-corrected chi connectivity index (χ1v) is 7.13. The van der Waals surface area contributed by atoms with Crippen molar-refractivity contribution in [2.75, 3.05) is 5.32 Å². The second-order valence-electron chi connectivity index (χ2n) is 5.03. The van der Waals surface area contributed by atoms with Crippen LogP contribution >= 0.6 is 11.6 Å². The number of carbonyl (C=O) groups is 1. The van der Waals surface area contributed by atoms with Crippen molar-refractivity contribution in [2.45, 2.75) is 32.1 Å². The largest absolute Gasteiger partial charge is 0.382 e. The van der Waals surface area contributed by atoms with Crippen LogP contribution in [0.4, 0.5) is 5.69 Å². The Morgan fingerprint density at radius 2 is 2.00 bits per heavy atom. The molecule has 1 aromatic carbocycles. The number of nitrogens with zero attached hydrogens (tertiary/aromatic N) is 1. The average Bonchev–Trinajstić information content (AvgIpc) is 2.47. The summed E-state index contributed by atoms with van der Waals surface area (Å²) in [4.78, 5) is 12.3. The normalized spacial score (nSPS) is 16.9. The van der Waals surface area contributed by atoms with Crippen molar-refractivity contribution in [1.82, 2.24) is 0 Å². The molecule has 5 nitrogen and oxygen atoms in total. The molecule has 0 aromatic heterocycles. The fourth-order valence-corrected chi connectivity index (χ4v) is 2.68. The molecule has 0 saturated heterocycles. The predicted molar refractivity (Wildman–Crippen MR) is 81.6 cm³/mol. The number of hydrazone groups is 1. The SMILES string of the molecule is N/N=C(\N)c1ccc(Cl)cc1NC(=O)C1CCCCC1. The predicted octanol–water partition coefficient (Wildman–Crippen LogP) is 2.44. The summed E-state index contributed by atoms with van der Waals surface area (Å²) in [7, 11) is 0. The first-order chi connectivity index (χ1) is 9.61. The third-order valence-electron chi connectivity index (χ3n) is 3.63. The van der Waals surface area contributed by atoms with E-state index in [9.17, 15) is 4.79 Å². The number of nitrogens with two attached hydrogens (primary N) is 2. The zero-order valence-electron chi connectivity index (χ0n) is 11.2. The summed E-state index contributed by atoms with van der Waals surface area (Å²) in [6, 6.07) is 5.05. The molecule has 1 aliphatic rings. The van der Waals surface area contributed by atoms with E-state index >= 15 is 0 Å². The zero-order valence-corrected chi connectivity index (χ0v) is 12.0. The smallest absolute Gasteiger partial charge is 0.227 e. The van der Waals surface area contributed by atoms with Gasteiger partial charge in [0.05, 0.1) is 5.69 Å². The van der Waals surface area contributed by atoms with Gasteiger partial charge in [-0.1, -0.05) is 30.9 Å². The number of carbonyl (C=O) groups excluding carboxylic acids is 1. The van der Waals surface area contributed by atoms with Crippen LogP contribution in [-0.2, 0) is 4.79 Å². The van der Waals surface area contributed by atoms with Gasteiger partial charge in [0, 0.05) is 16.5 Å². The van der Waals surface area contributed by atoms with Crippen LogP contribution in [0, 0.1) is 5.92 Å². The van der Waals surface area contributed by atoms with Crippen LogP contribution in [0.1, 0.15) is 37.7 Å². The number of hydrogen-bond acceptors (Lipinski definition) is 3. The van der Waals surface area contributed by atoms with Crippen molar-refractivity contribution in [3.05, 3.63) is 28.8 Å². The molecule has 0 bridgehead atoms. The number of nitrogens with one attached hydrogen (secondary N) is 1. The van der Waals surface area contributed by atoms with E-state index in [2.05, 4.69) is 10.4 Å². The van der Waals surface area contributed by atoms with Crippen LogP contribution in [0.25, 0.3) is 0 Å². The summed E-state index contributed by atoms with van der Waals surface area (Å²) in [6.45, 7) is 0. The van der Waals surface area contributed by atoms with Crippen LogP contribution in [0.15, 0.2) is 23.3 Å². The third-order valence-corrected chi connectivity index (χ3v) is 3.87. The molecular formula is C14H19ClN4O. The van der Waals surface area contributed by atoms with Crippen LogP contribution in [0.5, 0.6) is 0 Å². The molecule has 0 unspecified atom stereocenters. The van der Waals surface area contributed by atoms with Crippen LogP contribution in [-0.4, -0.2) is 11.7 Å². The van der Waals surface area contributed by atoms with Gasteiger partial charge in [-0.25, -0.2) is 0 Å². The van der Waals surface area contributed by atoms with E-state index in [1.165, 1.54) is 6.42 Å². The maximum atomic E-state index is 12.3. The van der Waals surface area contributed by atoms with Crippen molar-refractivity contribution >= 4 is 29.0 Å². The highest BCUT2D eigenvalue weighted by molar-refractivity contribution is 6.31. The summed E-state index contributed by atoms with van der Waals surface area (Å²) < 4.78 is 0. The molecule has 0 spiro atoms. The first kappa shape index (κ1) is 14.7. The highest BCUT2D eigenvalue weighted by Gasteiger charge is 2.22. The zero-order chi connectivity index (χ0) is 14.5. The van der Waals surface area contributed by atoms with E-state index in [0.717, 1.165) is 25.7 Å². The molecule has 20 heavy (non-hydrogen) atoms. The van der Waals surface area contributed by atoms with Gasteiger partial charge in [0.25, 0.3) is 0 Å². The quantitative estimate of drug-likeness (QED) is 0.346. The summed E-state index contributed by atoms with van der Waals surface area (Å²) >= 11 is 5.97. The van der Waals surface area contributed by atoms with Gasteiger partial charge >= 0.3 is 0 Å². The second-order valence-corrected chi connectivity index (χ2v) is 5.46. The summed E-state index contributed by atoms with van der Waals surface area (Å²) in [6.07, 6.45) is 5.28. The van der Waals surface area contributed by atoms with E-state index < -0.39 is 0 Å². The van der Waals surface area contributed by atoms with Gasteiger partial charge in [-0.15, -0.1) is 0 Å². The highest BCUT2D eigenvalue weighted by Crippen LogP contribution is 2.27. The number of rotatable bonds is 3. The lowest BCUT2D eigenvalue weighted by molar-refractivity contribution is -0.120. The van der Waals surface area contributed by atoms with E-state index in [0.29, 0.717) is 16.3 Å². The monoisotopic (exact) mass is 294 g/mol. The minimum atomic E-state index is 0.0121. The summed E-state index contributed by atoms with van der Waals surface area (Å²) in [5.74, 6) is 5.44. The number of anilines is 1. The van der Waals surface area contributed by atoms with Gasteiger partial charge in [0.2, 0.25) is 5.91 Å². The lowest BCUT2D eigenvalue weighted by atomic mass is 9.88. The fraction of sp³-hybridized carbons (Fsp3) is 0.429. The van der Waals surface area contributed by atoms with E-state index in [-0.39, 0.29) is 17.7 Å². The van der Waals surface area contributed by atoms with Gasteiger partial charge in [0.15, 0.2) is 5.84 Å². The standard InChI is InChI=1S/C14H19ClN4O/c15-10-6-7-11(13(16)19-17)12(8-10)18-14(20)9-4-2-1-3-5-9/h6-9H,1-5,17H2,(H2,16,19)(H,18,20). The molecule has 1 aliphatic carbocycles. The average molecular weight is 295 g/mol. The molecule has 1 saturated carbocycles. The molecule has 0 atom stereocenters. The topological polar surface area (TPSA) is 93.5 Å². The Kier molecular flexibility index (Phi) is 4.84. The van der Waals surface area contributed by atoms with E-state index in [1.807, 2.05) is 0 Å². The van der Waals surface area contributed by atoms with Crippen LogP contribution in [0.3, 0.4) is 0 Å². The molecule has 2 rings (SSSR count). The molecule has 5 N–H and O–H groups in total. The van der Waals surface area contributed by atoms with E-state index in [1.54, 1.807) is 18.2 Å². The van der Waals surface area contributed by atoms with Crippen LogP contribution in [0.2, 0.25) is 5.02 Å². The Labute approximate surface area is 123 Å². The molecule has 1 aromatic rings. The molecular weight excluding hydrogens is 276 g/mol. The number of amides is 1. The van der Waals surface area contributed by atoms with Crippen molar-refractivity contribution in [1.29, 1.82) is 0 Å². The van der Waals surface area contributed by atoms with Crippen molar-refractivity contribution < 1.29 is 4.79 Å². The molecule has 108 valence electrons. The molecule has 1 amide bonds. The molecule has 6 heteroatoms. The van der Waals surface area contributed by atoms with Gasteiger partial charge < -0.3 is 16.9 Å². The van der Waals surface area contributed by atoms with Gasteiger partial charge in [-0.2, -0.15) is 5.10 Å². The van der Waals surface area contributed by atoms with Gasteiger partial charge in [0.1, 0.15) is 0 Å². The molecule has 0 heterocycles. The minimum absolute atomic E-state index is 0.0121. The van der Waals surface area contributed by atoms with Crippen molar-refractivity contribution in [3.63, 3.8) is 0 Å². The number of benzene rings is 1. The van der Waals surface area contributed by atoms with Gasteiger partial charge in [-0.05, 0) is 31.0 Å². The number of halogens is 1. The summed E-state index contributed by atoms with van der Waals surface area (Å²) in [5, 5.41) is 6.89. The van der Waals surface area contributed by atoms with Crippen LogP contribution < -0.4 is 16.9 Å². The lowest BCUT2D eigenvalue weighted by Gasteiger charge is -2.21. The van der Waals surface area contributed by atoms with Crippen molar-refractivity contribution in [2.24, 2.45) is 22.6 Å². The highest BCUT2D eigenvalue weighted by atomic mass is 35.5. The number of amidine groups is 1. The second kappa shape index (κ2) is 6.61. The Hall–Kier alpha value is -1.75. The Bertz CT molecular complexity index is 524. The molecule has 0 aliphatic heterocycles. The maximum absolute atomic E-state index is 12.3. The molecule has 0 radical (unpaired) electrons. The maximum Gasteiger partial charge on any atom is 0.227 e. The van der Waals surface area contributed by atoms with E-state index in [4.69, 9.17) is 23.2 Å². The van der Waals surface area contributed by atoms with Gasteiger partial charge in [-0.3, -0.25) is 4.79 Å². The Balaban J connectivity index is 2.19. The lowest BCUT2D eigenvalue weighted by Crippen LogP contribution is -2.26. The Morgan fingerprint density at radius 1 is 1.30 bits per heavy atom. The first-order valence-electron chi connectivity index (χ1n) is 6.76. The number of hydrogen-bond donors (Lipinski definition) is 3. The molecule has 1 fully saturated rings. The van der Waals surface area contributed by atoms with Crippen molar-refractivity contribution in [3.8, 4) is 0 Å².